The van der Waals surface area contributed by atoms with E-state index in [1.54, 1.807) is 18.1 Å². The van der Waals surface area contributed by atoms with Crippen LogP contribution in [0, 0.1) is 6.92 Å². The van der Waals surface area contributed by atoms with Gasteiger partial charge >= 0.3 is 0 Å². The summed E-state index contributed by atoms with van der Waals surface area (Å²) in [6.45, 7) is 6.11. The Morgan fingerprint density at radius 2 is 1.80 bits per heavy atom. The molecule has 1 saturated heterocycles. The van der Waals surface area contributed by atoms with E-state index in [9.17, 15) is 9.59 Å². The third-order valence-electron chi connectivity index (χ3n) is 4.39. The summed E-state index contributed by atoms with van der Waals surface area (Å²) in [6.07, 6.45) is 1.17. The second-order valence-corrected chi connectivity index (χ2v) is 6.37. The van der Waals surface area contributed by atoms with Crippen molar-refractivity contribution in [1.82, 2.24) is 9.80 Å². The van der Waals surface area contributed by atoms with Gasteiger partial charge in [-0.3, -0.25) is 9.59 Å². The summed E-state index contributed by atoms with van der Waals surface area (Å²) in [5, 5.41) is 0. The fourth-order valence-corrected chi connectivity index (χ4v) is 2.80. The number of carbonyl (C=O) groups is 2. The number of nitrogens with two attached hydrogens (primary N) is 1. The minimum Gasteiger partial charge on any atom is -0.496 e. The Hall–Kier alpha value is -1.79. The lowest BCUT2D eigenvalue weighted by atomic mass is 10.1. The van der Waals surface area contributed by atoms with E-state index in [-0.39, 0.29) is 30.3 Å². The normalized spacial score (nSPS) is 15.4. The van der Waals surface area contributed by atoms with Crippen LogP contribution in [-0.4, -0.2) is 60.9 Å². The fourth-order valence-electron chi connectivity index (χ4n) is 2.80. The van der Waals surface area contributed by atoms with E-state index in [1.807, 2.05) is 30.9 Å². The van der Waals surface area contributed by atoms with Gasteiger partial charge in [0.1, 0.15) is 5.75 Å². The van der Waals surface area contributed by atoms with Crippen molar-refractivity contribution >= 4 is 24.2 Å². The molecule has 2 rings (SSSR count). The third-order valence-corrected chi connectivity index (χ3v) is 4.39. The van der Waals surface area contributed by atoms with E-state index in [0.29, 0.717) is 50.3 Å². The molecule has 6 nitrogen and oxygen atoms in total. The van der Waals surface area contributed by atoms with Crippen LogP contribution in [0.15, 0.2) is 18.2 Å². The maximum atomic E-state index is 12.6. The van der Waals surface area contributed by atoms with Gasteiger partial charge in [-0.2, -0.15) is 0 Å². The number of methoxy groups -OCH3 is 1. The first-order valence-electron chi connectivity index (χ1n) is 8.39. The molecular formula is C18H28ClN3O3. The van der Waals surface area contributed by atoms with Crippen LogP contribution in [0.25, 0.3) is 0 Å². The molecule has 0 radical (unpaired) electrons. The van der Waals surface area contributed by atoms with Crippen molar-refractivity contribution in [1.29, 1.82) is 0 Å². The Bertz CT molecular complexity index is 599. The predicted molar refractivity (Wildman–Crippen MR) is 100 cm³/mol. The van der Waals surface area contributed by atoms with Crippen LogP contribution < -0.4 is 10.5 Å². The van der Waals surface area contributed by atoms with Crippen LogP contribution in [0.4, 0.5) is 0 Å². The summed E-state index contributed by atoms with van der Waals surface area (Å²) in [4.78, 5) is 28.4. The second kappa shape index (κ2) is 9.63. The van der Waals surface area contributed by atoms with Gasteiger partial charge in [0, 0.05) is 44.2 Å². The highest BCUT2D eigenvalue weighted by molar-refractivity contribution is 5.95. The summed E-state index contributed by atoms with van der Waals surface area (Å²) in [7, 11) is 1.60. The van der Waals surface area contributed by atoms with Gasteiger partial charge in [-0.25, -0.2) is 0 Å². The molecule has 0 spiro atoms. The zero-order valence-corrected chi connectivity index (χ0v) is 16.0. The van der Waals surface area contributed by atoms with Crippen LogP contribution in [0.2, 0.25) is 0 Å². The van der Waals surface area contributed by atoms with Gasteiger partial charge in [0.15, 0.2) is 0 Å². The number of ether oxygens (including phenoxy) is 1. The number of amides is 2. The quantitative estimate of drug-likeness (QED) is 0.859. The molecule has 7 heteroatoms. The molecule has 2 amide bonds. The molecule has 1 aliphatic rings. The van der Waals surface area contributed by atoms with E-state index < -0.39 is 0 Å². The number of rotatable bonds is 5. The average Bonchev–Trinajstić information content (AvgIpc) is 2.59. The van der Waals surface area contributed by atoms with E-state index >= 15 is 0 Å². The molecule has 2 N–H and O–H groups in total. The molecule has 1 fully saturated rings. The molecular weight excluding hydrogens is 342 g/mol. The van der Waals surface area contributed by atoms with Gasteiger partial charge in [-0.05, 0) is 38.0 Å². The van der Waals surface area contributed by atoms with Gasteiger partial charge in [0.25, 0.3) is 5.91 Å². The van der Waals surface area contributed by atoms with Crippen LogP contribution in [0.5, 0.6) is 5.75 Å². The van der Waals surface area contributed by atoms with Crippen LogP contribution in [0.1, 0.15) is 35.7 Å². The molecule has 0 saturated carbocycles. The number of nitrogens with zero attached hydrogens (tertiary/aromatic N) is 2. The molecule has 1 atom stereocenters. The van der Waals surface area contributed by atoms with E-state index in [2.05, 4.69) is 0 Å². The predicted octanol–water partition coefficient (Wildman–Crippen LogP) is 1.84. The molecule has 140 valence electrons. The molecule has 0 aliphatic carbocycles. The van der Waals surface area contributed by atoms with Crippen molar-refractivity contribution in [3.8, 4) is 5.75 Å². The Morgan fingerprint density at radius 3 is 2.36 bits per heavy atom. The van der Waals surface area contributed by atoms with Crippen molar-refractivity contribution in [3.05, 3.63) is 29.3 Å². The minimum absolute atomic E-state index is 0. The zero-order valence-electron chi connectivity index (χ0n) is 15.2. The maximum Gasteiger partial charge on any atom is 0.254 e. The molecule has 1 aromatic carbocycles. The Labute approximate surface area is 155 Å². The van der Waals surface area contributed by atoms with Gasteiger partial charge in [0.2, 0.25) is 5.91 Å². The van der Waals surface area contributed by atoms with E-state index in [1.165, 1.54) is 0 Å². The van der Waals surface area contributed by atoms with Crippen molar-refractivity contribution in [2.45, 2.75) is 32.7 Å². The van der Waals surface area contributed by atoms with Crippen LogP contribution >= 0.6 is 12.4 Å². The number of hydrogen-bond donors (Lipinski definition) is 1. The van der Waals surface area contributed by atoms with Gasteiger partial charge in [0.05, 0.1) is 7.11 Å². The first-order valence-corrected chi connectivity index (χ1v) is 8.39. The molecule has 1 unspecified atom stereocenters. The highest BCUT2D eigenvalue weighted by Gasteiger charge is 2.25. The standard InChI is InChI=1S/C18H27N3O3.ClH/c1-13-4-6-15(12-16(13)24-3)18(23)21-10-8-20(9-11-21)17(22)7-5-14(2)19;/h4,6,12,14H,5,7-11,19H2,1-3H3;1H. The number of benzene rings is 1. The SMILES string of the molecule is COc1cc(C(=O)N2CCN(C(=O)CCC(C)N)CC2)ccc1C.Cl. The molecule has 0 bridgehead atoms. The minimum atomic E-state index is -0.0176. The molecule has 25 heavy (non-hydrogen) atoms. The van der Waals surface area contributed by atoms with Crippen molar-refractivity contribution < 1.29 is 14.3 Å². The zero-order chi connectivity index (χ0) is 17.7. The van der Waals surface area contributed by atoms with Crippen molar-refractivity contribution in [2.24, 2.45) is 5.73 Å². The number of aryl methyl sites for hydroxylation is 1. The summed E-state index contributed by atoms with van der Waals surface area (Å²) in [5.74, 6) is 0.818. The monoisotopic (exact) mass is 369 g/mol. The molecule has 1 heterocycles. The Kier molecular flexibility index (Phi) is 8.19. The highest BCUT2D eigenvalue weighted by Crippen LogP contribution is 2.20. The lowest BCUT2D eigenvalue weighted by Crippen LogP contribution is -2.50. The lowest BCUT2D eigenvalue weighted by molar-refractivity contribution is -0.132. The van der Waals surface area contributed by atoms with Crippen LogP contribution in [0.3, 0.4) is 0 Å². The summed E-state index contributed by atoms with van der Waals surface area (Å²) in [6, 6.07) is 5.52. The average molecular weight is 370 g/mol. The van der Waals surface area contributed by atoms with Gasteiger partial charge in [-0.1, -0.05) is 6.07 Å². The van der Waals surface area contributed by atoms with E-state index in [4.69, 9.17) is 10.5 Å². The maximum absolute atomic E-state index is 12.6. The summed E-state index contributed by atoms with van der Waals surface area (Å²) >= 11 is 0. The number of halogens is 1. The first kappa shape index (κ1) is 21.3. The van der Waals surface area contributed by atoms with Crippen molar-refractivity contribution in [3.63, 3.8) is 0 Å². The highest BCUT2D eigenvalue weighted by atomic mass is 35.5. The smallest absolute Gasteiger partial charge is 0.254 e. The number of hydrogen-bond acceptors (Lipinski definition) is 4. The topological polar surface area (TPSA) is 75.9 Å². The summed E-state index contributed by atoms with van der Waals surface area (Å²) in [5.41, 5.74) is 7.32. The largest absolute Gasteiger partial charge is 0.496 e. The van der Waals surface area contributed by atoms with Gasteiger partial charge in [-0.15, -0.1) is 12.4 Å². The molecule has 0 aromatic heterocycles. The number of carbonyl (C=O) groups excluding carboxylic acids is 2. The van der Waals surface area contributed by atoms with Crippen molar-refractivity contribution in [2.75, 3.05) is 33.3 Å². The fraction of sp³-hybridized carbons (Fsp3) is 0.556. The number of piperazine rings is 1. The first-order chi connectivity index (χ1) is 11.4. The van der Waals surface area contributed by atoms with Gasteiger partial charge < -0.3 is 20.3 Å². The molecule has 1 aromatic rings. The van der Waals surface area contributed by atoms with E-state index in [0.717, 1.165) is 5.56 Å². The molecule has 1 aliphatic heterocycles. The summed E-state index contributed by atoms with van der Waals surface area (Å²) < 4.78 is 5.28. The second-order valence-electron chi connectivity index (χ2n) is 6.37. The van der Waals surface area contributed by atoms with Crippen LogP contribution in [-0.2, 0) is 4.79 Å². The Morgan fingerprint density at radius 1 is 1.20 bits per heavy atom. The lowest BCUT2D eigenvalue weighted by Gasteiger charge is -2.35. The Balaban J connectivity index is 0.00000312. The third kappa shape index (κ3) is 5.61.